The van der Waals surface area contributed by atoms with Crippen LogP contribution in [0.2, 0.25) is 0 Å². The van der Waals surface area contributed by atoms with Crippen molar-refractivity contribution >= 4 is 11.6 Å². The third-order valence-corrected chi connectivity index (χ3v) is 4.32. The molecule has 0 bridgehead atoms. The van der Waals surface area contributed by atoms with Gasteiger partial charge in [-0.05, 0) is 32.5 Å². The Labute approximate surface area is 125 Å². The highest BCUT2D eigenvalue weighted by atomic mass is 16.2. The van der Waals surface area contributed by atoms with E-state index in [1.807, 2.05) is 37.1 Å². The minimum Gasteiger partial charge on any atom is -0.340 e. The molecule has 0 N–H and O–H groups in total. The largest absolute Gasteiger partial charge is 0.340 e. The molecule has 2 aromatic rings. The Morgan fingerprint density at radius 2 is 1.95 bits per heavy atom. The van der Waals surface area contributed by atoms with Crippen LogP contribution in [-0.4, -0.2) is 58.3 Å². The lowest BCUT2D eigenvalue weighted by Gasteiger charge is -2.32. The molecule has 0 atom stereocenters. The Kier molecular flexibility index (Phi) is 3.68. The molecule has 0 aromatic carbocycles. The zero-order valence-corrected chi connectivity index (χ0v) is 13.0. The standard InChI is InChI=1S/C16H22N4O/c1-12-5-4-6-20-14(13(2)17-16(12)20)11-15(21)19-9-7-18(3)8-10-19/h4-6H,7-11H2,1-3H3. The average Bonchev–Trinajstić information content (AvgIpc) is 2.78. The third kappa shape index (κ3) is 2.65. The lowest BCUT2D eigenvalue weighted by molar-refractivity contribution is -0.132. The van der Waals surface area contributed by atoms with Gasteiger partial charge in [-0.25, -0.2) is 4.98 Å². The number of carbonyl (C=O) groups is 1. The zero-order chi connectivity index (χ0) is 15.0. The molecule has 1 fully saturated rings. The van der Waals surface area contributed by atoms with Crippen molar-refractivity contribution in [2.75, 3.05) is 33.2 Å². The first kappa shape index (κ1) is 14.1. The molecule has 1 saturated heterocycles. The smallest absolute Gasteiger partial charge is 0.228 e. The van der Waals surface area contributed by atoms with Gasteiger partial charge in [-0.1, -0.05) is 6.07 Å². The van der Waals surface area contributed by atoms with Crippen LogP contribution in [-0.2, 0) is 11.2 Å². The molecule has 0 aliphatic carbocycles. The van der Waals surface area contributed by atoms with Gasteiger partial charge in [-0.3, -0.25) is 4.79 Å². The summed E-state index contributed by atoms with van der Waals surface area (Å²) in [6, 6.07) is 4.06. The number of rotatable bonds is 2. The quantitative estimate of drug-likeness (QED) is 0.835. The molecule has 0 radical (unpaired) electrons. The van der Waals surface area contributed by atoms with Crippen molar-refractivity contribution in [2.24, 2.45) is 0 Å². The Hall–Kier alpha value is -1.88. The predicted molar refractivity (Wildman–Crippen MR) is 82.4 cm³/mol. The van der Waals surface area contributed by atoms with Gasteiger partial charge in [0, 0.05) is 32.4 Å². The number of aryl methyl sites for hydroxylation is 2. The van der Waals surface area contributed by atoms with E-state index in [0.29, 0.717) is 6.42 Å². The molecular weight excluding hydrogens is 264 g/mol. The van der Waals surface area contributed by atoms with E-state index < -0.39 is 0 Å². The highest BCUT2D eigenvalue weighted by Crippen LogP contribution is 2.16. The number of pyridine rings is 1. The summed E-state index contributed by atoms with van der Waals surface area (Å²) in [6.07, 6.45) is 2.43. The molecular formula is C16H22N4O. The SMILES string of the molecule is Cc1nc2c(C)cccn2c1CC(=O)N1CCN(C)CC1. The second-order valence-electron chi connectivity index (χ2n) is 5.89. The highest BCUT2D eigenvalue weighted by Gasteiger charge is 2.21. The van der Waals surface area contributed by atoms with Crippen LogP contribution in [0.5, 0.6) is 0 Å². The predicted octanol–water partition coefficient (Wildman–Crippen LogP) is 1.27. The van der Waals surface area contributed by atoms with Gasteiger partial charge >= 0.3 is 0 Å². The van der Waals surface area contributed by atoms with E-state index in [9.17, 15) is 4.79 Å². The van der Waals surface area contributed by atoms with Crippen LogP contribution in [0.4, 0.5) is 0 Å². The summed E-state index contributed by atoms with van der Waals surface area (Å²) in [6.45, 7) is 7.59. The first-order valence-corrected chi connectivity index (χ1v) is 7.45. The van der Waals surface area contributed by atoms with Crippen molar-refractivity contribution in [3.05, 3.63) is 35.3 Å². The highest BCUT2D eigenvalue weighted by molar-refractivity contribution is 5.79. The number of hydrogen-bond acceptors (Lipinski definition) is 3. The van der Waals surface area contributed by atoms with Gasteiger partial charge in [0.2, 0.25) is 5.91 Å². The maximum Gasteiger partial charge on any atom is 0.228 e. The van der Waals surface area contributed by atoms with Crippen molar-refractivity contribution in [2.45, 2.75) is 20.3 Å². The second kappa shape index (κ2) is 5.48. The average molecular weight is 286 g/mol. The van der Waals surface area contributed by atoms with Gasteiger partial charge in [0.15, 0.2) is 0 Å². The van der Waals surface area contributed by atoms with E-state index in [1.165, 1.54) is 0 Å². The fourth-order valence-corrected chi connectivity index (χ4v) is 2.89. The number of carbonyl (C=O) groups excluding carboxylic acids is 1. The lowest BCUT2D eigenvalue weighted by atomic mass is 10.2. The normalized spacial score (nSPS) is 16.6. The molecule has 21 heavy (non-hydrogen) atoms. The molecule has 2 aromatic heterocycles. The Morgan fingerprint density at radius 3 is 2.67 bits per heavy atom. The minimum absolute atomic E-state index is 0.203. The fraction of sp³-hybridized carbons (Fsp3) is 0.500. The Balaban J connectivity index is 1.83. The molecule has 0 spiro atoms. The Morgan fingerprint density at radius 1 is 1.24 bits per heavy atom. The van der Waals surface area contributed by atoms with Crippen LogP contribution in [0.1, 0.15) is 17.0 Å². The molecule has 0 unspecified atom stereocenters. The molecule has 1 aliphatic heterocycles. The number of amides is 1. The molecule has 0 saturated carbocycles. The Bertz CT molecular complexity index is 668. The summed E-state index contributed by atoms with van der Waals surface area (Å²) < 4.78 is 2.05. The van der Waals surface area contributed by atoms with Crippen molar-refractivity contribution in [1.82, 2.24) is 19.2 Å². The van der Waals surface area contributed by atoms with Crippen LogP contribution in [0.25, 0.3) is 5.65 Å². The van der Waals surface area contributed by atoms with E-state index in [2.05, 4.69) is 21.3 Å². The molecule has 112 valence electrons. The summed E-state index contributed by atoms with van der Waals surface area (Å²) in [5.41, 5.74) is 4.06. The van der Waals surface area contributed by atoms with E-state index in [-0.39, 0.29) is 5.91 Å². The number of imidazole rings is 1. The fourth-order valence-electron chi connectivity index (χ4n) is 2.89. The van der Waals surface area contributed by atoms with Crippen LogP contribution < -0.4 is 0 Å². The van der Waals surface area contributed by atoms with Gasteiger partial charge in [-0.2, -0.15) is 0 Å². The van der Waals surface area contributed by atoms with Crippen LogP contribution in [0.3, 0.4) is 0 Å². The number of hydrogen-bond donors (Lipinski definition) is 0. The van der Waals surface area contributed by atoms with Gasteiger partial charge in [-0.15, -0.1) is 0 Å². The van der Waals surface area contributed by atoms with Crippen LogP contribution in [0.15, 0.2) is 18.3 Å². The van der Waals surface area contributed by atoms with Crippen molar-refractivity contribution < 1.29 is 4.79 Å². The summed E-state index contributed by atoms with van der Waals surface area (Å²) in [7, 11) is 2.10. The molecule has 5 nitrogen and oxygen atoms in total. The number of piperazine rings is 1. The number of fused-ring (bicyclic) bond motifs is 1. The first-order chi connectivity index (χ1) is 10.1. The maximum absolute atomic E-state index is 12.5. The van der Waals surface area contributed by atoms with E-state index in [1.54, 1.807) is 0 Å². The number of nitrogens with zero attached hydrogens (tertiary/aromatic N) is 4. The maximum atomic E-state index is 12.5. The number of aromatic nitrogens is 2. The topological polar surface area (TPSA) is 40.9 Å². The van der Waals surface area contributed by atoms with Crippen molar-refractivity contribution in [3.8, 4) is 0 Å². The molecule has 3 heterocycles. The first-order valence-electron chi connectivity index (χ1n) is 7.45. The van der Waals surface area contributed by atoms with Crippen molar-refractivity contribution in [1.29, 1.82) is 0 Å². The van der Waals surface area contributed by atoms with Gasteiger partial charge in [0.25, 0.3) is 0 Å². The summed E-state index contributed by atoms with van der Waals surface area (Å²) in [5, 5.41) is 0. The van der Waals surface area contributed by atoms with Crippen LogP contribution >= 0.6 is 0 Å². The lowest BCUT2D eigenvalue weighted by Crippen LogP contribution is -2.47. The van der Waals surface area contributed by atoms with Crippen molar-refractivity contribution in [3.63, 3.8) is 0 Å². The molecule has 5 heteroatoms. The molecule has 1 amide bonds. The molecule has 3 rings (SSSR count). The zero-order valence-electron chi connectivity index (χ0n) is 13.0. The molecule has 1 aliphatic rings. The van der Waals surface area contributed by atoms with E-state index in [0.717, 1.165) is 48.8 Å². The minimum atomic E-state index is 0.203. The summed E-state index contributed by atoms with van der Waals surface area (Å²) in [5.74, 6) is 0.203. The third-order valence-electron chi connectivity index (χ3n) is 4.32. The summed E-state index contributed by atoms with van der Waals surface area (Å²) in [4.78, 5) is 21.3. The van der Waals surface area contributed by atoms with E-state index in [4.69, 9.17) is 0 Å². The van der Waals surface area contributed by atoms with Gasteiger partial charge < -0.3 is 14.2 Å². The van der Waals surface area contributed by atoms with Gasteiger partial charge in [0.1, 0.15) is 5.65 Å². The number of likely N-dealkylation sites (N-methyl/N-ethyl adjacent to an activating group) is 1. The van der Waals surface area contributed by atoms with E-state index >= 15 is 0 Å². The second-order valence-corrected chi connectivity index (χ2v) is 5.89. The van der Waals surface area contributed by atoms with Gasteiger partial charge in [0.05, 0.1) is 17.8 Å². The monoisotopic (exact) mass is 286 g/mol. The summed E-state index contributed by atoms with van der Waals surface area (Å²) >= 11 is 0. The van der Waals surface area contributed by atoms with Crippen LogP contribution in [0, 0.1) is 13.8 Å².